The predicted molar refractivity (Wildman–Crippen MR) is 38.0 cm³/mol. The molecule has 0 bridgehead atoms. The van der Waals surface area contributed by atoms with E-state index in [4.69, 9.17) is 9.11 Å². The zero-order valence-corrected chi connectivity index (χ0v) is 7.39. The Bertz CT molecular complexity index is 319. The molecule has 0 saturated carbocycles. The largest absolute Gasteiger partial charge is 0.786 e. The highest BCUT2D eigenvalue weighted by Crippen LogP contribution is 2.17. The van der Waals surface area contributed by atoms with Crippen LogP contribution in [0.5, 0.6) is 0 Å². The minimum Gasteiger partial charge on any atom is -0.786 e. The summed E-state index contributed by atoms with van der Waals surface area (Å²) in [6, 6.07) is 0. The zero-order valence-electron chi connectivity index (χ0n) is 5.75. The van der Waals surface area contributed by atoms with Gasteiger partial charge in [0.2, 0.25) is 0 Å². The second-order valence-electron chi connectivity index (χ2n) is 2.00. The van der Waals surface area contributed by atoms with Crippen LogP contribution in [0.2, 0.25) is 0 Å². The highest BCUT2D eigenvalue weighted by molar-refractivity contribution is 8.05. The molecule has 10 heteroatoms. The summed E-state index contributed by atoms with van der Waals surface area (Å²) in [5.41, 5.74) is 0.532. The summed E-state index contributed by atoms with van der Waals surface area (Å²) >= 11 is 0. The first-order valence-electron chi connectivity index (χ1n) is 2.39. The number of hydrogen-bond acceptors (Lipinski definition) is 6. The second-order valence-corrected chi connectivity index (χ2v) is 5.79. The summed E-state index contributed by atoms with van der Waals surface area (Å²) in [6.45, 7) is 0.310. The van der Waals surface area contributed by atoms with Gasteiger partial charge in [-0.25, -0.2) is 0 Å². The molecule has 0 heterocycles. The molecule has 0 aliphatic heterocycles. The van der Waals surface area contributed by atoms with E-state index in [-0.39, 0.29) is 0 Å². The maximum Gasteiger partial charge on any atom is 0.300 e. The average Bonchev–Trinajstić information content (AvgIpc) is 1.81. The van der Waals surface area contributed by atoms with Crippen molar-refractivity contribution in [2.45, 2.75) is 11.1 Å². The van der Waals surface area contributed by atoms with Crippen LogP contribution >= 0.6 is 0 Å². The highest BCUT2D eigenvalue weighted by atomic mass is 32.3. The van der Waals surface area contributed by atoms with E-state index in [0.29, 0.717) is 12.4 Å². The first-order valence-corrected chi connectivity index (χ1v) is 5.27. The summed E-state index contributed by atoms with van der Waals surface area (Å²) < 4.78 is 54.3. The van der Waals surface area contributed by atoms with Gasteiger partial charge in [0.1, 0.15) is 0 Å². The van der Waals surface area contributed by atoms with Crippen LogP contribution in [0, 0.1) is 5.21 Å². The van der Waals surface area contributed by atoms with E-state index in [1.165, 1.54) is 0 Å². The first-order chi connectivity index (χ1) is 5.06. The van der Waals surface area contributed by atoms with Gasteiger partial charge in [0.25, 0.3) is 24.4 Å². The van der Waals surface area contributed by atoms with Crippen LogP contribution in [-0.4, -0.2) is 30.1 Å². The van der Waals surface area contributed by atoms with Gasteiger partial charge in [-0.3, -0.25) is 9.11 Å². The molecule has 0 aliphatic carbocycles. The molecule has 0 aliphatic rings. The van der Waals surface area contributed by atoms with Crippen LogP contribution in [0.3, 0.4) is 0 Å². The molecule has 0 radical (unpaired) electrons. The lowest BCUT2D eigenvalue weighted by Gasteiger charge is -2.27. The Morgan fingerprint density at radius 2 is 1.42 bits per heavy atom. The fourth-order valence-corrected chi connectivity index (χ4v) is 1.51. The van der Waals surface area contributed by atoms with Crippen molar-refractivity contribution in [2.24, 2.45) is 0 Å². The Kier molecular flexibility index (Phi) is 2.84. The van der Waals surface area contributed by atoms with Crippen molar-refractivity contribution in [3.63, 3.8) is 0 Å². The van der Waals surface area contributed by atoms with Gasteiger partial charge in [-0.1, -0.05) is 0 Å². The van der Waals surface area contributed by atoms with Crippen molar-refractivity contribution < 1.29 is 25.9 Å². The Morgan fingerprint density at radius 1 is 1.17 bits per heavy atom. The number of hydroxylamine groups is 1. The molecule has 0 aromatic rings. The molecule has 0 unspecified atom stereocenters. The highest BCUT2D eigenvalue weighted by Gasteiger charge is 2.47. The summed E-state index contributed by atoms with van der Waals surface area (Å²) in [5, 5.41) is 9.92. The third-order valence-electron chi connectivity index (χ3n) is 1.17. The first kappa shape index (κ1) is 11.7. The Balaban J connectivity index is 5.58. The standard InChI is InChI=1S/C2H6NO7S2/c1-2(3-4,11(5,6)7)12(8,9)10/h3H,1H3,(H,5,6,7)(H,8,9,10)/q-1. The van der Waals surface area contributed by atoms with Gasteiger partial charge < -0.3 is 10.7 Å². The van der Waals surface area contributed by atoms with E-state index in [1.807, 2.05) is 0 Å². The molecule has 8 nitrogen and oxygen atoms in total. The van der Waals surface area contributed by atoms with Crippen LogP contribution in [0.1, 0.15) is 6.92 Å². The van der Waals surface area contributed by atoms with Crippen molar-refractivity contribution in [3.8, 4) is 0 Å². The van der Waals surface area contributed by atoms with E-state index in [9.17, 15) is 22.0 Å². The molecule has 0 aromatic carbocycles. The smallest absolute Gasteiger partial charge is 0.300 e. The molecule has 0 rings (SSSR count). The van der Waals surface area contributed by atoms with Gasteiger partial charge in [0.15, 0.2) is 0 Å². The van der Waals surface area contributed by atoms with E-state index in [2.05, 4.69) is 0 Å². The summed E-state index contributed by atoms with van der Waals surface area (Å²) in [7, 11) is -10.5. The molecular weight excluding hydrogens is 214 g/mol. The number of rotatable bonds is 3. The zero-order chi connectivity index (χ0) is 10.2. The van der Waals surface area contributed by atoms with Crippen molar-refractivity contribution >= 4 is 20.2 Å². The van der Waals surface area contributed by atoms with Crippen molar-refractivity contribution in [1.82, 2.24) is 5.48 Å². The molecule has 74 valence electrons. The van der Waals surface area contributed by atoms with Crippen LogP contribution in [0.15, 0.2) is 0 Å². The minimum absolute atomic E-state index is 0.310. The minimum atomic E-state index is -5.23. The number of hydrogen-bond donors (Lipinski definition) is 3. The van der Waals surface area contributed by atoms with Gasteiger partial charge in [0, 0.05) is 0 Å². The molecule has 0 fully saturated rings. The van der Waals surface area contributed by atoms with Crippen LogP contribution < -0.4 is 5.48 Å². The molecule has 0 aromatic heterocycles. The summed E-state index contributed by atoms with van der Waals surface area (Å²) in [4.78, 5) is 0. The molecule has 12 heavy (non-hydrogen) atoms. The van der Waals surface area contributed by atoms with Crippen molar-refractivity contribution in [1.29, 1.82) is 0 Å². The van der Waals surface area contributed by atoms with E-state index in [1.54, 1.807) is 0 Å². The molecule has 0 spiro atoms. The maximum absolute atomic E-state index is 10.3. The summed E-state index contributed by atoms with van der Waals surface area (Å²) in [5.74, 6) is 0. The monoisotopic (exact) mass is 220 g/mol. The maximum atomic E-state index is 10.3. The second kappa shape index (κ2) is 2.90. The number of nitrogens with one attached hydrogen (secondary N) is 1. The topological polar surface area (TPSA) is 144 Å². The lowest BCUT2D eigenvalue weighted by atomic mass is 10.8. The van der Waals surface area contributed by atoms with Crippen LogP contribution in [0.4, 0.5) is 0 Å². The van der Waals surface area contributed by atoms with Crippen LogP contribution in [0.25, 0.3) is 0 Å². The van der Waals surface area contributed by atoms with Gasteiger partial charge in [-0.2, -0.15) is 16.8 Å². The molecule has 0 saturated heterocycles. The third-order valence-corrected chi connectivity index (χ3v) is 4.57. The molecule has 0 amide bonds. The SMILES string of the molecule is CC(N[O-])(S(=O)(=O)O)S(=O)(=O)O. The van der Waals surface area contributed by atoms with Gasteiger partial charge in [-0.15, -0.1) is 0 Å². The fraction of sp³-hybridized carbons (Fsp3) is 1.00. The van der Waals surface area contributed by atoms with Gasteiger partial charge in [-0.05, 0) is 6.92 Å². The lowest BCUT2D eigenvalue weighted by Crippen LogP contribution is -2.52. The normalized spacial score (nSPS) is 14.7. The van der Waals surface area contributed by atoms with Gasteiger partial charge >= 0.3 is 0 Å². The van der Waals surface area contributed by atoms with Gasteiger partial charge in [0.05, 0.1) is 0 Å². The molecular formula is C2H6NO7S2-. The average molecular weight is 220 g/mol. The van der Waals surface area contributed by atoms with Crippen molar-refractivity contribution in [3.05, 3.63) is 5.21 Å². The summed E-state index contributed by atoms with van der Waals surface area (Å²) in [6.07, 6.45) is 0. The predicted octanol–water partition coefficient (Wildman–Crippen LogP) is -1.48. The van der Waals surface area contributed by atoms with E-state index < -0.39 is 24.4 Å². The van der Waals surface area contributed by atoms with Crippen LogP contribution in [-0.2, 0) is 20.2 Å². The van der Waals surface area contributed by atoms with E-state index in [0.717, 1.165) is 0 Å². The quantitative estimate of drug-likeness (QED) is 0.386. The Hall–Kier alpha value is -0.260. The third kappa shape index (κ3) is 1.73. The molecule has 0 atom stereocenters. The van der Waals surface area contributed by atoms with Crippen molar-refractivity contribution in [2.75, 3.05) is 0 Å². The Labute approximate surface area is 68.7 Å². The molecule has 3 N–H and O–H groups in total. The lowest BCUT2D eigenvalue weighted by molar-refractivity contribution is 0.417. The van der Waals surface area contributed by atoms with E-state index >= 15 is 0 Å². The Morgan fingerprint density at radius 3 is 1.42 bits per heavy atom. The fourth-order valence-electron chi connectivity index (χ4n) is 0.238.